The lowest BCUT2D eigenvalue weighted by molar-refractivity contribution is 0.224. The summed E-state index contributed by atoms with van der Waals surface area (Å²) in [5.41, 5.74) is 1.33. The van der Waals surface area contributed by atoms with Crippen LogP contribution in [0.2, 0.25) is 0 Å². The number of benzene rings is 1. The number of hydrogen-bond donors (Lipinski definition) is 1. The van der Waals surface area contributed by atoms with Crippen LogP contribution in [0, 0.1) is 5.92 Å². The smallest absolute Gasteiger partial charge is 0.123 e. The second kappa shape index (κ2) is 7.01. The summed E-state index contributed by atoms with van der Waals surface area (Å²) < 4.78 is 5.89. The van der Waals surface area contributed by atoms with Gasteiger partial charge < -0.3 is 10.1 Å². The second-order valence-corrected chi connectivity index (χ2v) is 5.34. The molecule has 3 heteroatoms. The number of hydrogen-bond acceptors (Lipinski definition) is 2. The number of nitrogens with one attached hydrogen (secondary N) is 1. The topological polar surface area (TPSA) is 21.3 Å². The van der Waals surface area contributed by atoms with Crippen molar-refractivity contribution in [2.24, 2.45) is 5.92 Å². The Bertz CT molecular complexity index is 344. The van der Waals surface area contributed by atoms with Gasteiger partial charge >= 0.3 is 0 Å². The SMILES string of the molecule is CCC(CCCl)CNCC1Cc2ccccc2O1. The van der Waals surface area contributed by atoms with Gasteiger partial charge in [0.15, 0.2) is 0 Å². The first-order valence-corrected chi connectivity index (χ1v) is 7.38. The van der Waals surface area contributed by atoms with Crippen molar-refractivity contribution in [2.45, 2.75) is 32.3 Å². The van der Waals surface area contributed by atoms with Crippen LogP contribution in [0.15, 0.2) is 24.3 Å². The normalized spacial score (nSPS) is 19.3. The third-order valence-corrected chi connectivity index (χ3v) is 3.83. The highest BCUT2D eigenvalue weighted by Crippen LogP contribution is 2.27. The highest BCUT2D eigenvalue weighted by molar-refractivity contribution is 6.17. The molecule has 2 atom stereocenters. The predicted molar refractivity (Wildman–Crippen MR) is 76.5 cm³/mol. The van der Waals surface area contributed by atoms with Gasteiger partial charge in [0, 0.05) is 18.8 Å². The molecule has 0 spiro atoms. The largest absolute Gasteiger partial charge is 0.488 e. The first kappa shape index (κ1) is 13.7. The predicted octanol–water partition coefficient (Wildman–Crippen LogP) is 3.23. The molecule has 1 heterocycles. The quantitative estimate of drug-likeness (QED) is 0.766. The number of alkyl halides is 1. The molecule has 2 nitrogen and oxygen atoms in total. The highest BCUT2D eigenvalue weighted by Gasteiger charge is 2.21. The van der Waals surface area contributed by atoms with Gasteiger partial charge in [-0.15, -0.1) is 11.6 Å². The molecular weight excluding hydrogens is 246 g/mol. The number of halogens is 1. The monoisotopic (exact) mass is 267 g/mol. The van der Waals surface area contributed by atoms with E-state index in [9.17, 15) is 0 Å². The molecule has 1 aromatic rings. The second-order valence-electron chi connectivity index (χ2n) is 4.96. The Hall–Kier alpha value is -0.730. The van der Waals surface area contributed by atoms with E-state index in [0.717, 1.165) is 37.6 Å². The van der Waals surface area contributed by atoms with E-state index in [-0.39, 0.29) is 6.10 Å². The molecular formula is C15H22ClNO. The van der Waals surface area contributed by atoms with Crippen LogP contribution < -0.4 is 10.1 Å². The standard InChI is InChI=1S/C15H22ClNO/c1-2-12(7-8-16)10-17-11-14-9-13-5-3-4-6-15(13)18-14/h3-6,12,14,17H,2,7-11H2,1H3. The van der Waals surface area contributed by atoms with Gasteiger partial charge in [0.05, 0.1) is 0 Å². The van der Waals surface area contributed by atoms with Gasteiger partial charge in [-0.25, -0.2) is 0 Å². The molecule has 0 amide bonds. The molecule has 1 aliphatic rings. The van der Waals surface area contributed by atoms with Gasteiger partial charge in [-0.3, -0.25) is 0 Å². The molecule has 0 radical (unpaired) electrons. The maximum absolute atomic E-state index is 5.89. The van der Waals surface area contributed by atoms with Crippen molar-refractivity contribution in [3.63, 3.8) is 0 Å². The summed E-state index contributed by atoms with van der Waals surface area (Å²) in [6, 6.07) is 8.31. The van der Waals surface area contributed by atoms with Crippen LogP contribution in [0.1, 0.15) is 25.3 Å². The molecule has 2 rings (SSSR count). The van der Waals surface area contributed by atoms with Crippen LogP contribution >= 0.6 is 11.6 Å². The molecule has 0 bridgehead atoms. The van der Waals surface area contributed by atoms with Crippen LogP contribution in [0.3, 0.4) is 0 Å². The van der Waals surface area contributed by atoms with Crippen LogP contribution in [0.4, 0.5) is 0 Å². The summed E-state index contributed by atoms with van der Waals surface area (Å²) in [6.07, 6.45) is 3.59. The summed E-state index contributed by atoms with van der Waals surface area (Å²) >= 11 is 5.79. The zero-order valence-corrected chi connectivity index (χ0v) is 11.7. The van der Waals surface area contributed by atoms with Gasteiger partial charge in [-0.2, -0.15) is 0 Å². The van der Waals surface area contributed by atoms with Crippen molar-refractivity contribution in [1.82, 2.24) is 5.32 Å². The first-order valence-electron chi connectivity index (χ1n) is 6.84. The lowest BCUT2D eigenvalue weighted by atomic mass is 10.0. The summed E-state index contributed by atoms with van der Waals surface area (Å²) in [4.78, 5) is 0. The number of para-hydroxylation sites is 1. The van der Waals surface area contributed by atoms with E-state index >= 15 is 0 Å². The maximum Gasteiger partial charge on any atom is 0.123 e. The Morgan fingerprint density at radius 2 is 2.28 bits per heavy atom. The van der Waals surface area contributed by atoms with Crippen LogP contribution in [0.25, 0.3) is 0 Å². The molecule has 0 saturated heterocycles. The molecule has 1 aromatic carbocycles. The number of fused-ring (bicyclic) bond motifs is 1. The van der Waals surface area contributed by atoms with Gasteiger partial charge in [-0.05, 0) is 30.5 Å². The first-order chi connectivity index (χ1) is 8.83. The van der Waals surface area contributed by atoms with Gasteiger partial charge in [-0.1, -0.05) is 31.5 Å². The van der Waals surface area contributed by atoms with Crippen molar-refractivity contribution in [2.75, 3.05) is 19.0 Å². The van der Waals surface area contributed by atoms with Gasteiger partial charge in [0.25, 0.3) is 0 Å². The maximum atomic E-state index is 5.89. The van der Waals surface area contributed by atoms with Crippen molar-refractivity contribution >= 4 is 11.6 Å². The van der Waals surface area contributed by atoms with Crippen molar-refractivity contribution < 1.29 is 4.74 Å². The van der Waals surface area contributed by atoms with E-state index in [1.165, 1.54) is 12.0 Å². The fourth-order valence-electron chi connectivity index (χ4n) is 2.42. The minimum Gasteiger partial charge on any atom is -0.488 e. The Balaban J connectivity index is 1.70. The van der Waals surface area contributed by atoms with Crippen molar-refractivity contribution in [1.29, 1.82) is 0 Å². The zero-order valence-electron chi connectivity index (χ0n) is 11.0. The summed E-state index contributed by atoms with van der Waals surface area (Å²) in [5, 5.41) is 3.51. The van der Waals surface area contributed by atoms with Gasteiger partial charge in [0.2, 0.25) is 0 Å². The highest BCUT2D eigenvalue weighted by atomic mass is 35.5. The van der Waals surface area contributed by atoms with Crippen LogP contribution in [-0.2, 0) is 6.42 Å². The number of rotatable bonds is 7. The average molecular weight is 268 g/mol. The summed E-state index contributed by atoms with van der Waals surface area (Å²) in [7, 11) is 0. The van der Waals surface area contributed by atoms with Crippen molar-refractivity contribution in [3.05, 3.63) is 29.8 Å². The third-order valence-electron chi connectivity index (χ3n) is 3.61. The lowest BCUT2D eigenvalue weighted by Gasteiger charge is -2.16. The van der Waals surface area contributed by atoms with Crippen molar-refractivity contribution in [3.8, 4) is 5.75 Å². The van der Waals surface area contributed by atoms with E-state index in [0.29, 0.717) is 5.92 Å². The third kappa shape index (κ3) is 3.63. The Morgan fingerprint density at radius 1 is 1.44 bits per heavy atom. The van der Waals surface area contributed by atoms with E-state index in [2.05, 4.69) is 30.4 Å². The molecule has 2 unspecified atom stereocenters. The van der Waals surface area contributed by atoms with E-state index in [4.69, 9.17) is 16.3 Å². The minimum atomic E-state index is 0.288. The van der Waals surface area contributed by atoms with Gasteiger partial charge in [0.1, 0.15) is 11.9 Å². The molecule has 0 aliphatic carbocycles. The molecule has 1 N–H and O–H groups in total. The van der Waals surface area contributed by atoms with E-state index in [1.807, 2.05) is 6.07 Å². The van der Waals surface area contributed by atoms with Crippen LogP contribution in [0.5, 0.6) is 5.75 Å². The Morgan fingerprint density at radius 3 is 3.00 bits per heavy atom. The van der Waals surface area contributed by atoms with Crippen LogP contribution in [-0.4, -0.2) is 25.1 Å². The molecule has 18 heavy (non-hydrogen) atoms. The zero-order chi connectivity index (χ0) is 12.8. The van der Waals surface area contributed by atoms with E-state index in [1.54, 1.807) is 0 Å². The Labute approximate surface area is 115 Å². The molecule has 100 valence electrons. The fraction of sp³-hybridized carbons (Fsp3) is 0.600. The summed E-state index contributed by atoms with van der Waals surface area (Å²) in [5.74, 6) is 2.49. The molecule has 0 fully saturated rings. The molecule has 0 aromatic heterocycles. The average Bonchev–Trinajstić information content (AvgIpc) is 2.80. The minimum absolute atomic E-state index is 0.288. The number of ether oxygens (including phenoxy) is 1. The van der Waals surface area contributed by atoms with E-state index < -0.39 is 0 Å². The summed E-state index contributed by atoms with van der Waals surface area (Å²) in [6.45, 7) is 4.19. The Kier molecular flexibility index (Phi) is 5.33. The lowest BCUT2D eigenvalue weighted by Crippen LogP contribution is -2.33. The molecule has 0 saturated carbocycles. The molecule has 1 aliphatic heterocycles. The fourth-order valence-corrected chi connectivity index (χ4v) is 2.73.